The van der Waals surface area contributed by atoms with Crippen LogP contribution >= 0.6 is 0 Å². The van der Waals surface area contributed by atoms with Crippen LogP contribution in [0, 0.1) is 0 Å². The highest BCUT2D eigenvalue weighted by Gasteiger charge is 2.07. The Kier molecular flexibility index (Phi) is 2.60. The first-order valence-electron chi connectivity index (χ1n) is 5.02. The van der Waals surface area contributed by atoms with E-state index < -0.39 is 0 Å². The highest BCUT2D eigenvalue weighted by molar-refractivity contribution is 6.50. The minimum atomic E-state index is 0.533. The summed E-state index contributed by atoms with van der Waals surface area (Å²) in [6, 6.07) is 6.07. The van der Waals surface area contributed by atoms with Gasteiger partial charge in [-0.05, 0) is 13.0 Å². The molecule has 0 aromatic heterocycles. The third-order valence-corrected chi connectivity index (χ3v) is 2.46. The Morgan fingerprint density at radius 2 is 2.20 bits per heavy atom. The number of fused-ring (bicyclic) bond motifs is 1. The van der Waals surface area contributed by atoms with Gasteiger partial charge < -0.3 is 11.4 Å². The lowest BCUT2D eigenvalue weighted by atomic mass is 9.84. The van der Waals surface area contributed by atoms with Gasteiger partial charge in [-0.2, -0.15) is 0 Å². The Labute approximate surface area is 90.1 Å². The standard InChI is InChI=1S/C11H14BN3/c1-7-4-8-2-3-9(12-14)6-10(8)15-11(13)5-7/h2-4,6,12H,5,14H2,1H3,(H2,13,15). The number of amidine groups is 1. The van der Waals surface area contributed by atoms with E-state index in [4.69, 9.17) is 11.4 Å². The SMILES string of the molecule is CC1=Cc2ccc(BN)cc2N=C(N)C1. The molecule has 1 aliphatic heterocycles. The molecule has 3 nitrogen and oxygen atoms in total. The molecule has 0 saturated heterocycles. The van der Waals surface area contributed by atoms with Gasteiger partial charge in [-0.15, -0.1) is 0 Å². The predicted molar refractivity (Wildman–Crippen MR) is 67.0 cm³/mol. The fourth-order valence-electron chi connectivity index (χ4n) is 1.73. The summed E-state index contributed by atoms with van der Waals surface area (Å²) in [4.78, 5) is 4.39. The van der Waals surface area contributed by atoms with E-state index in [0.29, 0.717) is 13.3 Å². The van der Waals surface area contributed by atoms with Gasteiger partial charge >= 0.3 is 0 Å². The van der Waals surface area contributed by atoms with E-state index in [1.54, 1.807) is 0 Å². The fraction of sp³-hybridized carbons (Fsp3) is 0.182. The van der Waals surface area contributed by atoms with Crippen LogP contribution in [0.2, 0.25) is 0 Å². The summed E-state index contributed by atoms with van der Waals surface area (Å²) in [5.74, 6) is 0.664. The van der Waals surface area contributed by atoms with Crippen LogP contribution in [0.5, 0.6) is 0 Å². The van der Waals surface area contributed by atoms with E-state index in [0.717, 1.165) is 23.1 Å². The lowest BCUT2D eigenvalue weighted by Crippen LogP contribution is -2.22. The Hall–Kier alpha value is -1.55. The monoisotopic (exact) mass is 199 g/mol. The van der Waals surface area contributed by atoms with E-state index in [2.05, 4.69) is 18.0 Å². The smallest absolute Gasteiger partial charge is 0.233 e. The Bertz CT molecular complexity index is 449. The Morgan fingerprint density at radius 1 is 1.40 bits per heavy atom. The summed E-state index contributed by atoms with van der Waals surface area (Å²) in [6.07, 6.45) is 2.87. The molecular weight excluding hydrogens is 185 g/mol. The zero-order valence-corrected chi connectivity index (χ0v) is 8.83. The number of hydrogen-bond acceptors (Lipinski definition) is 3. The molecule has 4 N–H and O–H groups in total. The summed E-state index contributed by atoms with van der Waals surface area (Å²) in [7, 11) is 0.533. The maximum Gasteiger partial charge on any atom is 0.233 e. The molecule has 76 valence electrons. The van der Waals surface area contributed by atoms with Gasteiger partial charge in [0.1, 0.15) is 5.84 Å². The highest BCUT2D eigenvalue weighted by Crippen LogP contribution is 2.24. The van der Waals surface area contributed by atoms with Crippen molar-refractivity contribution in [2.24, 2.45) is 16.4 Å². The van der Waals surface area contributed by atoms with Crippen LogP contribution in [0.15, 0.2) is 28.8 Å². The van der Waals surface area contributed by atoms with Crippen molar-refractivity contribution in [3.63, 3.8) is 0 Å². The molecule has 0 amide bonds. The van der Waals surface area contributed by atoms with E-state index >= 15 is 0 Å². The Balaban J connectivity index is 2.55. The molecule has 1 heterocycles. The number of nitrogens with two attached hydrogens (primary N) is 2. The van der Waals surface area contributed by atoms with Gasteiger partial charge in [0.05, 0.1) is 5.69 Å². The highest BCUT2D eigenvalue weighted by atomic mass is 14.9. The molecule has 1 aromatic rings. The molecule has 0 bridgehead atoms. The summed E-state index contributed by atoms with van der Waals surface area (Å²) in [5, 5.41) is 0. The number of rotatable bonds is 1. The van der Waals surface area contributed by atoms with Crippen molar-refractivity contribution in [2.75, 3.05) is 0 Å². The maximum atomic E-state index is 5.81. The zero-order chi connectivity index (χ0) is 10.8. The molecule has 1 aromatic carbocycles. The first-order chi connectivity index (χ1) is 7.19. The van der Waals surface area contributed by atoms with Gasteiger partial charge in [-0.1, -0.05) is 29.2 Å². The van der Waals surface area contributed by atoms with Crippen molar-refractivity contribution in [3.8, 4) is 0 Å². The van der Waals surface area contributed by atoms with Crippen molar-refractivity contribution in [3.05, 3.63) is 29.3 Å². The minimum Gasteiger partial charge on any atom is -0.387 e. The second-order valence-electron chi connectivity index (χ2n) is 3.87. The average molecular weight is 199 g/mol. The third kappa shape index (κ3) is 2.10. The van der Waals surface area contributed by atoms with Gasteiger partial charge in [0.25, 0.3) is 0 Å². The van der Waals surface area contributed by atoms with Crippen LogP contribution in [0.1, 0.15) is 18.9 Å². The second kappa shape index (κ2) is 3.91. The zero-order valence-electron chi connectivity index (χ0n) is 8.83. The van der Waals surface area contributed by atoms with Gasteiger partial charge in [-0.25, -0.2) is 4.99 Å². The van der Waals surface area contributed by atoms with E-state index in [-0.39, 0.29) is 0 Å². The molecule has 0 fully saturated rings. The second-order valence-corrected chi connectivity index (χ2v) is 3.87. The van der Waals surface area contributed by atoms with Crippen LogP contribution in [0.4, 0.5) is 5.69 Å². The molecule has 1 aliphatic rings. The summed E-state index contributed by atoms with van der Waals surface area (Å²) in [5.41, 5.74) is 15.8. The Morgan fingerprint density at radius 3 is 2.93 bits per heavy atom. The lowest BCUT2D eigenvalue weighted by molar-refractivity contribution is 1.26. The van der Waals surface area contributed by atoms with Gasteiger partial charge in [0, 0.05) is 12.0 Å². The predicted octanol–water partition coefficient (Wildman–Crippen LogP) is 0.418. The van der Waals surface area contributed by atoms with Gasteiger partial charge in [0.2, 0.25) is 7.41 Å². The van der Waals surface area contributed by atoms with Crippen molar-refractivity contribution >= 4 is 30.5 Å². The van der Waals surface area contributed by atoms with Crippen molar-refractivity contribution in [1.82, 2.24) is 0 Å². The van der Waals surface area contributed by atoms with Gasteiger partial charge in [-0.3, -0.25) is 0 Å². The van der Waals surface area contributed by atoms with E-state index in [1.165, 1.54) is 5.57 Å². The molecule has 15 heavy (non-hydrogen) atoms. The normalized spacial score (nSPS) is 14.8. The molecule has 0 aliphatic carbocycles. The van der Waals surface area contributed by atoms with E-state index in [9.17, 15) is 0 Å². The number of nitrogens with zero attached hydrogens (tertiary/aromatic N) is 1. The molecule has 4 heteroatoms. The molecule has 0 unspecified atom stereocenters. The lowest BCUT2D eigenvalue weighted by Gasteiger charge is -2.02. The van der Waals surface area contributed by atoms with Crippen LogP contribution < -0.4 is 16.8 Å². The van der Waals surface area contributed by atoms with Gasteiger partial charge in [0.15, 0.2) is 0 Å². The average Bonchev–Trinajstić information content (AvgIpc) is 2.33. The number of benzene rings is 1. The molecular formula is C11H14BN3. The summed E-state index contributed by atoms with van der Waals surface area (Å²) >= 11 is 0. The quantitative estimate of drug-likeness (QED) is 0.643. The van der Waals surface area contributed by atoms with Crippen LogP contribution in [0.25, 0.3) is 6.08 Å². The number of aliphatic imine (C=N–C) groups is 1. The molecule has 0 saturated carbocycles. The number of hydrogen-bond donors (Lipinski definition) is 2. The van der Waals surface area contributed by atoms with Crippen molar-refractivity contribution < 1.29 is 0 Å². The minimum absolute atomic E-state index is 0.533. The van der Waals surface area contributed by atoms with Crippen LogP contribution in [-0.2, 0) is 0 Å². The molecule has 0 atom stereocenters. The van der Waals surface area contributed by atoms with Crippen molar-refractivity contribution in [1.29, 1.82) is 0 Å². The summed E-state index contributed by atoms with van der Waals surface area (Å²) in [6.45, 7) is 2.06. The largest absolute Gasteiger partial charge is 0.387 e. The topological polar surface area (TPSA) is 64.4 Å². The van der Waals surface area contributed by atoms with Crippen LogP contribution in [0.3, 0.4) is 0 Å². The first kappa shape index (κ1) is 9.99. The molecule has 2 rings (SSSR count). The summed E-state index contributed by atoms with van der Waals surface area (Å²) < 4.78 is 0. The maximum absolute atomic E-state index is 5.81. The molecule has 0 radical (unpaired) electrons. The third-order valence-electron chi connectivity index (χ3n) is 2.46. The fourth-order valence-corrected chi connectivity index (χ4v) is 1.73. The van der Waals surface area contributed by atoms with Crippen molar-refractivity contribution in [2.45, 2.75) is 13.3 Å². The first-order valence-corrected chi connectivity index (χ1v) is 5.02. The molecule has 0 spiro atoms. The van der Waals surface area contributed by atoms with E-state index in [1.807, 2.05) is 18.2 Å². The van der Waals surface area contributed by atoms with Crippen LogP contribution in [-0.4, -0.2) is 13.3 Å².